The number of halogens is 1. The fourth-order valence-electron chi connectivity index (χ4n) is 5.95. The molecule has 1 aliphatic carbocycles. The van der Waals surface area contributed by atoms with Gasteiger partial charge in [0.25, 0.3) is 0 Å². The second-order valence-corrected chi connectivity index (χ2v) is 11.3. The lowest BCUT2D eigenvalue weighted by molar-refractivity contribution is 0.248. The first kappa shape index (κ1) is 28.2. The van der Waals surface area contributed by atoms with Crippen LogP contribution in [0.3, 0.4) is 0 Å². The van der Waals surface area contributed by atoms with Gasteiger partial charge in [-0.2, -0.15) is 0 Å². The van der Waals surface area contributed by atoms with Crippen molar-refractivity contribution in [2.75, 3.05) is 0 Å². The smallest absolute Gasteiger partial charge is 0.134 e. The van der Waals surface area contributed by atoms with Gasteiger partial charge in [-0.05, 0) is 85.2 Å². The Morgan fingerprint density at radius 1 is 0.789 bits per heavy atom. The minimum atomic E-state index is -0.0416. The van der Waals surface area contributed by atoms with E-state index in [2.05, 4.69) is 68.2 Å². The summed E-state index contributed by atoms with van der Waals surface area (Å²) in [5.74, 6) is 8.19. The highest BCUT2D eigenvalue weighted by Crippen LogP contribution is 2.35. The van der Waals surface area contributed by atoms with E-state index in [9.17, 15) is 0 Å². The molecular weight excluding hydrogens is 463 g/mol. The number of aryl methyl sites for hydroxylation is 2. The Morgan fingerprint density at radius 2 is 1.50 bits per heavy atom. The Hall–Kier alpha value is -2.85. The zero-order valence-corrected chi connectivity index (χ0v) is 23.6. The summed E-state index contributed by atoms with van der Waals surface area (Å²) in [4.78, 5) is 0. The molecule has 1 heteroatoms. The van der Waals surface area contributed by atoms with Crippen molar-refractivity contribution in [3.63, 3.8) is 0 Å². The lowest BCUT2D eigenvalue weighted by Gasteiger charge is -2.28. The van der Waals surface area contributed by atoms with Crippen molar-refractivity contribution in [1.82, 2.24) is 0 Å². The van der Waals surface area contributed by atoms with E-state index in [-0.39, 0.29) is 5.82 Å². The Labute approximate surface area is 230 Å². The summed E-state index contributed by atoms with van der Waals surface area (Å²) in [6.07, 6.45) is 20.7. The van der Waals surface area contributed by atoms with Gasteiger partial charge in [0, 0.05) is 16.5 Å². The highest BCUT2D eigenvalue weighted by molar-refractivity contribution is 5.85. The molecule has 0 heterocycles. The molecule has 0 spiro atoms. The Kier molecular flexibility index (Phi) is 11.1. The molecule has 0 aliphatic heterocycles. The molecule has 0 N–H and O–H groups in total. The molecule has 0 radical (unpaired) electrons. The Morgan fingerprint density at radius 3 is 2.24 bits per heavy atom. The van der Waals surface area contributed by atoms with Gasteiger partial charge in [0.1, 0.15) is 5.82 Å². The summed E-state index contributed by atoms with van der Waals surface area (Å²) >= 11 is 0. The summed E-state index contributed by atoms with van der Waals surface area (Å²) in [5, 5.41) is 1.65. The molecule has 1 aliphatic rings. The van der Waals surface area contributed by atoms with Crippen LogP contribution in [0.15, 0.2) is 66.7 Å². The maximum absolute atomic E-state index is 15.4. The molecule has 3 aromatic carbocycles. The van der Waals surface area contributed by atoms with Gasteiger partial charge in [-0.1, -0.05) is 119 Å². The normalized spacial score (nSPS) is 17.6. The van der Waals surface area contributed by atoms with Gasteiger partial charge in [0.05, 0.1) is 0 Å². The van der Waals surface area contributed by atoms with E-state index in [1.165, 1.54) is 63.4 Å². The van der Waals surface area contributed by atoms with Crippen molar-refractivity contribution in [1.29, 1.82) is 0 Å². The minimum absolute atomic E-state index is 0.0416. The third-order valence-electron chi connectivity index (χ3n) is 8.43. The molecule has 4 rings (SSSR count). The van der Waals surface area contributed by atoms with Gasteiger partial charge in [0.15, 0.2) is 0 Å². The van der Waals surface area contributed by atoms with Gasteiger partial charge in [-0.25, -0.2) is 4.39 Å². The molecule has 0 amide bonds. The lowest BCUT2D eigenvalue weighted by atomic mass is 9.77. The van der Waals surface area contributed by atoms with Gasteiger partial charge in [-0.15, -0.1) is 0 Å². The van der Waals surface area contributed by atoms with E-state index in [1.54, 1.807) is 0 Å². The predicted octanol–water partition coefficient (Wildman–Crippen LogP) is 10.6. The minimum Gasteiger partial charge on any atom is -0.206 e. The summed E-state index contributed by atoms with van der Waals surface area (Å²) in [6.45, 7) is 4.34. The van der Waals surface area contributed by atoms with Crippen molar-refractivity contribution in [3.05, 3.63) is 94.8 Å². The fourth-order valence-corrected chi connectivity index (χ4v) is 5.95. The van der Waals surface area contributed by atoms with E-state index in [0.29, 0.717) is 5.39 Å². The maximum atomic E-state index is 15.4. The number of benzene rings is 3. The molecule has 200 valence electrons. The molecule has 0 bridgehead atoms. The third-order valence-corrected chi connectivity index (χ3v) is 8.43. The second-order valence-electron chi connectivity index (χ2n) is 11.3. The molecule has 0 aromatic heterocycles. The van der Waals surface area contributed by atoms with Crippen LogP contribution in [-0.4, -0.2) is 0 Å². The molecule has 1 fully saturated rings. The van der Waals surface area contributed by atoms with Gasteiger partial charge in [0.2, 0.25) is 0 Å². The zero-order chi connectivity index (χ0) is 26.6. The van der Waals surface area contributed by atoms with Gasteiger partial charge < -0.3 is 0 Å². The first-order valence-corrected chi connectivity index (χ1v) is 15.1. The summed E-state index contributed by atoms with van der Waals surface area (Å²) in [6, 6.07) is 18.4. The maximum Gasteiger partial charge on any atom is 0.134 e. The Balaban J connectivity index is 1.30. The average molecular weight is 509 g/mol. The first-order chi connectivity index (χ1) is 18.7. The lowest BCUT2D eigenvalue weighted by Crippen LogP contribution is -2.15. The fraction of sp³-hybridized carbons (Fsp3) is 0.459. The monoisotopic (exact) mass is 508 g/mol. The average Bonchev–Trinajstić information content (AvgIpc) is 2.95. The second kappa shape index (κ2) is 14.9. The highest BCUT2D eigenvalue weighted by Gasteiger charge is 2.21. The molecule has 0 unspecified atom stereocenters. The highest BCUT2D eigenvalue weighted by atomic mass is 19.1. The van der Waals surface area contributed by atoms with Crippen LogP contribution in [-0.2, 0) is 12.8 Å². The van der Waals surface area contributed by atoms with Crippen LogP contribution in [0.2, 0.25) is 0 Å². The zero-order valence-electron chi connectivity index (χ0n) is 23.6. The number of hydrogen-bond donors (Lipinski definition) is 0. The van der Waals surface area contributed by atoms with Crippen LogP contribution in [0.5, 0.6) is 0 Å². The van der Waals surface area contributed by atoms with Crippen LogP contribution >= 0.6 is 0 Å². The van der Waals surface area contributed by atoms with Crippen molar-refractivity contribution < 1.29 is 4.39 Å². The molecule has 0 nitrogen and oxygen atoms in total. The van der Waals surface area contributed by atoms with Crippen molar-refractivity contribution in [3.8, 4) is 11.8 Å². The van der Waals surface area contributed by atoms with Gasteiger partial charge >= 0.3 is 0 Å². The number of hydrogen-bond acceptors (Lipinski definition) is 0. The number of fused-ring (bicyclic) bond motifs is 1. The predicted molar refractivity (Wildman–Crippen MR) is 162 cm³/mol. The third kappa shape index (κ3) is 8.33. The van der Waals surface area contributed by atoms with Crippen molar-refractivity contribution in [2.45, 2.75) is 97.3 Å². The number of rotatable bonds is 11. The van der Waals surface area contributed by atoms with Crippen molar-refractivity contribution >= 4 is 10.8 Å². The summed E-state index contributed by atoms with van der Waals surface area (Å²) < 4.78 is 15.4. The van der Waals surface area contributed by atoms with E-state index < -0.39 is 0 Å². The van der Waals surface area contributed by atoms with E-state index in [0.717, 1.165) is 59.6 Å². The quantitative estimate of drug-likeness (QED) is 0.137. The summed E-state index contributed by atoms with van der Waals surface area (Å²) in [7, 11) is 0. The van der Waals surface area contributed by atoms with E-state index in [1.807, 2.05) is 24.3 Å². The molecule has 38 heavy (non-hydrogen) atoms. The summed E-state index contributed by atoms with van der Waals surface area (Å²) in [5.41, 5.74) is 4.13. The Bertz CT molecular complexity index is 1230. The number of allylic oxidation sites excluding steroid dienone is 2. The van der Waals surface area contributed by atoms with Crippen LogP contribution in [0.4, 0.5) is 4.39 Å². The van der Waals surface area contributed by atoms with Crippen LogP contribution in [0, 0.1) is 29.5 Å². The standard InChI is InChI=1S/C37H45F/c1-3-5-7-9-11-30-14-18-32(19-15-30)22-24-34-25-26-35-28-33(23-27-36(35)37(34)38)21-20-31-16-12-29(13-17-31)10-8-6-4-2/h4,6,12-13,16-17,23,25-28,30,32H,3,5,7-11,14-15,18-19,22,24H2,1-2H3/b6-4+. The largest absolute Gasteiger partial charge is 0.206 e. The molecular formula is C37H45F. The molecule has 1 saturated carbocycles. The molecule has 0 atom stereocenters. The van der Waals surface area contributed by atoms with Crippen molar-refractivity contribution in [2.24, 2.45) is 11.8 Å². The SMILES string of the molecule is C/C=C/CCc1ccc(C#Cc2ccc3c(F)c(CCC4CCC(CCCCCC)CC4)ccc3c2)cc1. The van der Waals surface area contributed by atoms with Crippen LogP contribution in [0.1, 0.15) is 107 Å². The molecule has 3 aromatic rings. The number of unbranched alkanes of at least 4 members (excludes halogenated alkanes) is 3. The van der Waals surface area contributed by atoms with Crippen LogP contribution < -0.4 is 0 Å². The van der Waals surface area contributed by atoms with E-state index in [4.69, 9.17) is 0 Å². The van der Waals surface area contributed by atoms with Gasteiger partial charge in [-0.3, -0.25) is 0 Å². The molecule has 0 saturated heterocycles. The topological polar surface area (TPSA) is 0 Å². The van der Waals surface area contributed by atoms with Crippen LogP contribution in [0.25, 0.3) is 10.8 Å². The van der Waals surface area contributed by atoms with E-state index >= 15 is 4.39 Å². The first-order valence-electron chi connectivity index (χ1n) is 15.1.